The van der Waals surface area contributed by atoms with Crippen LogP contribution in [0.25, 0.3) is 0 Å². The SMILES string of the molecule is COC(=O)C1CCCN1Cc1cc(Cl)ccc1[N+](=O)[O-]. The molecule has 0 radical (unpaired) electrons. The fraction of sp³-hybridized carbons (Fsp3) is 0.462. The molecule has 0 aromatic heterocycles. The third-order valence-corrected chi connectivity index (χ3v) is 3.68. The van der Waals surface area contributed by atoms with E-state index < -0.39 is 4.92 Å². The van der Waals surface area contributed by atoms with Gasteiger partial charge in [0, 0.05) is 23.2 Å². The Kier molecular flexibility index (Phi) is 4.57. The number of nitro benzene ring substituents is 1. The first kappa shape index (κ1) is 14.7. The quantitative estimate of drug-likeness (QED) is 0.485. The molecule has 0 N–H and O–H groups in total. The average molecular weight is 299 g/mol. The van der Waals surface area contributed by atoms with Crippen LogP contribution in [-0.4, -0.2) is 35.5 Å². The molecule has 0 aliphatic carbocycles. The molecule has 1 unspecified atom stereocenters. The van der Waals surface area contributed by atoms with Crippen molar-refractivity contribution in [1.29, 1.82) is 0 Å². The zero-order valence-electron chi connectivity index (χ0n) is 11.0. The standard InChI is InChI=1S/C13H15ClN2O4/c1-20-13(17)12-3-2-6-15(12)8-9-7-10(14)4-5-11(9)16(18)19/h4-5,7,12H,2-3,6,8H2,1H3. The van der Waals surface area contributed by atoms with Crippen LogP contribution in [0.1, 0.15) is 18.4 Å². The van der Waals surface area contributed by atoms with E-state index in [1.807, 2.05) is 4.90 Å². The van der Waals surface area contributed by atoms with Gasteiger partial charge in [0.05, 0.1) is 12.0 Å². The molecule has 0 saturated carbocycles. The zero-order chi connectivity index (χ0) is 14.7. The predicted molar refractivity (Wildman–Crippen MR) is 73.6 cm³/mol. The molecular formula is C13H15ClN2O4. The number of rotatable bonds is 4. The van der Waals surface area contributed by atoms with Gasteiger partial charge in [-0.25, -0.2) is 0 Å². The third-order valence-electron chi connectivity index (χ3n) is 3.45. The molecule has 1 aliphatic heterocycles. The van der Waals surface area contributed by atoms with E-state index >= 15 is 0 Å². The number of esters is 1. The van der Waals surface area contributed by atoms with Crippen molar-refractivity contribution in [2.24, 2.45) is 0 Å². The molecule has 108 valence electrons. The summed E-state index contributed by atoms with van der Waals surface area (Å²) in [6.45, 7) is 1.03. The fourth-order valence-electron chi connectivity index (χ4n) is 2.50. The first-order valence-corrected chi connectivity index (χ1v) is 6.65. The Morgan fingerprint density at radius 2 is 2.35 bits per heavy atom. The Morgan fingerprint density at radius 1 is 1.60 bits per heavy atom. The number of ether oxygens (including phenoxy) is 1. The molecule has 0 amide bonds. The van der Waals surface area contributed by atoms with Crippen molar-refractivity contribution in [3.8, 4) is 0 Å². The van der Waals surface area contributed by atoms with Gasteiger partial charge in [-0.2, -0.15) is 0 Å². The molecule has 20 heavy (non-hydrogen) atoms. The second kappa shape index (κ2) is 6.19. The van der Waals surface area contributed by atoms with Crippen molar-refractivity contribution in [2.45, 2.75) is 25.4 Å². The molecule has 0 spiro atoms. The summed E-state index contributed by atoms with van der Waals surface area (Å²) < 4.78 is 4.76. The van der Waals surface area contributed by atoms with Gasteiger partial charge >= 0.3 is 5.97 Å². The van der Waals surface area contributed by atoms with E-state index in [0.717, 1.165) is 6.42 Å². The number of halogens is 1. The van der Waals surface area contributed by atoms with Gasteiger partial charge in [-0.05, 0) is 31.5 Å². The van der Waals surface area contributed by atoms with Crippen LogP contribution in [0.2, 0.25) is 5.02 Å². The molecule has 2 rings (SSSR count). The molecule has 1 aromatic carbocycles. The molecule has 0 bridgehead atoms. The summed E-state index contributed by atoms with van der Waals surface area (Å²) in [6, 6.07) is 4.12. The minimum absolute atomic E-state index is 0.0184. The van der Waals surface area contributed by atoms with Gasteiger partial charge < -0.3 is 4.74 Å². The lowest BCUT2D eigenvalue weighted by molar-refractivity contribution is -0.385. The molecule has 1 fully saturated rings. The van der Waals surface area contributed by atoms with Crippen molar-refractivity contribution >= 4 is 23.3 Å². The van der Waals surface area contributed by atoms with E-state index in [1.165, 1.54) is 19.2 Å². The van der Waals surface area contributed by atoms with Gasteiger partial charge in [-0.3, -0.25) is 19.8 Å². The topological polar surface area (TPSA) is 72.7 Å². The number of carbonyl (C=O) groups excluding carboxylic acids is 1. The minimum Gasteiger partial charge on any atom is -0.468 e. The summed E-state index contributed by atoms with van der Waals surface area (Å²) in [5.74, 6) is -0.299. The van der Waals surface area contributed by atoms with Crippen LogP contribution in [-0.2, 0) is 16.1 Å². The van der Waals surface area contributed by atoms with Gasteiger partial charge in [0.15, 0.2) is 0 Å². The Bertz CT molecular complexity index is 535. The van der Waals surface area contributed by atoms with Crippen LogP contribution >= 0.6 is 11.6 Å². The average Bonchev–Trinajstić information content (AvgIpc) is 2.85. The van der Waals surface area contributed by atoms with E-state index in [1.54, 1.807) is 6.07 Å². The van der Waals surface area contributed by atoms with Crippen molar-refractivity contribution in [3.63, 3.8) is 0 Å². The highest BCUT2D eigenvalue weighted by molar-refractivity contribution is 6.30. The Labute approximate surface area is 121 Å². The largest absolute Gasteiger partial charge is 0.468 e. The zero-order valence-corrected chi connectivity index (χ0v) is 11.8. The van der Waals surface area contributed by atoms with Crippen molar-refractivity contribution in [2.75, 3.05) is 13.7 Å². The van der Waals surface area contributed by atoms with Gasteiger partial charge in [-0.1, -0.05) is 11.6 Å². The highest BCUT2D eigenvalue weighted by atomic mass is 35.5. The number of nitrogens with zero attached hydrogens (tertiary/aromatic N) is 2. The van der Waals surface area contributed by atoms with Crippen LogP contribution in [0, 0.1) is 10.1 Å². The van der Waals surface area contributed by atoms with Crippen molar-refractivity contribution in [3.05, 3.63) is 38.9 Å². The lowest BCUT2D eigenvalue weighted by Gasteiger charge is -2.22. The van der Waals surface area contributed by atoms with E-state index in [-0.39, 0.29) is 17.7 Å². The van der Waals surface area contributed by atoms with Crippen molar-refractivity contribution in [1.82, 2.24) is 4.90 Å². The molecular weight excluding hydrogens is 284 g/mol. The summed E-state index contributed by atoms with van der Waals surface area (Å²) in [4.78, 5) is 24.2. The fourth-order valence-corrected chi connectivity index (χ4v) is 2.69. The van der Waals surface area contributed by atoms with Crippen LogP contribution in [0.15, 0.2) is 18.2 Å². The molecule has 7 heteroatoms. The number of carbonyl (C=O) groups is 1. The van der Waals surface area contributed by atoms with E-state index in [0.29, 0.717) is 30.1 Å². The lowest BCUT2D eigenvalue weighted by atomic mass is 10.1. The van der Waals surface area contributed by atoms with E-state index in [2.05, 4.69) is 0 Å². The van der Waals surface area contributed by atoms with Crippen LogP contribution in [0.3, 0.4) is 0 Å². The Morgan fingerprint density at radius 3 is 3.00 bits per heavy atom. The second-order valence-electron chi connectivity index (χ2n) is 4.68. The molecule has 1 heterocycles. The van der Waals surface area contributed by atoms with Gasteiger partial charge in [0.25, 0.3) is 5.69 Å². The van der Waals surface area contributed by atoms with Crippen LogP contribution < -0.4 is 0 Å². The van der Waals surface area contributed by atoms with E-state index in [9.17, 15) is 14.9 Å². The monoisotopic (exact) mass is 298 g/mol. The summed E-state index contributed by atoms with van der Waals surface area (Å²) in [5, 5.41) is 11.5. The number of hydrogen-bond acceptors (Lipinski definition) is 5. The van der Waals surface area contributed by atoms with Gasteiger partial charge in [-0.15, -0.1) is 0 Å². The number of methoxy groups -OCH3 is 1. The first-order valence-electron chi connectivity index (χ1n) is 6.27. The summed E-state index contributed by atoms with van der Waals surface area (Å²) in [6.07, 6.45) is 1.58. The normalized spacial score (nSPS) is 19.0. The third kappa shape index (κ3) is 3.08. The predicted octanol–water partition coefficient (Wildman–Crippen LogP) is 2.39. The Hall–Kier alpha value is -1.66. The number of hydrogen-bond donors (Lipinski definition) is 0. The molecule has 6 nitrogen and oxygen atoms in total. The van der Waals surface area contributed by atoms with Gasteiger partial charge in [0.1, 0.15) is 6.04 Å². The maximum Gasteiger partial charge on any atom is 0.323 e. The smallest absolute Gasteiger partial charge is 0.323 e. The van der Waals surface area contributed by atoms with Gasteiger partial charge in [0.2, 0.25) is 0 Å². The summed E-state index contributed by atoms with van der Waals surface area (Å²) in [7, 11) is 1.35. The number of benzene rings is 1. The van der Waals surface area contributed by atoms with E-state index in [4.69, 9.17) is 16.3 Å². The first-order chi connectivity index (χ1) is 9.52. The summed E-state index contributed by atoms with van der Waals surface area (Å²) >= 11 is 5.90. The van der Waals surface area contributed by atoms with Crippen LogP contribution in [0.4, 0.5) is 5.69 Å². The van der Waals surface area contributed by atoms with Crippen LogP contribution in [0.5, 0.6) is 0 Å². The molecule has 1 atom stereocenters. The second-order valence-corrected chi connectivity index (χ2v) is 5.12. The highest BCUT2D eigenvalue weighted by Crippen LogP contribution is 2.27. The highest BCUT2D eigenvalue weighted by Gasteiger charge is 2.32. The molecule has 1 aromatic rings. The lowest BCUT2D eigenvalue weighted by Crippen LogP contribution is -2.36. The Balaban J connectivity index is 2.23. The number of likely N-dealkylation sites (tertiary alicyclic amines) is 1. The maximum atomic E-state index is 11.7. The summed E-state index contributed by atoms with van der Waals surface area (Å²) in [5.41, 5.74) is 0.531. The molecule has 1 saturated heterocycles. The molecule has 1 aliphatic rings. The maximum absolute atomic E-state index is 11.7. The number of nitro groups is 1. The minimum atomic E-state index is -0.436. The van der Waals surface area contributed by atoms with Crippen molar-refractivity contribution < 1.29 is 14.5 Å².